The van der Waals surface area contributed by atoms with E-state index in [2.05, 4.69) is 15.9 Å². The predicted octanol–water partition coefficient (Wildman–Crippen LogP) is 3.32. The van der Waals surface area contributed by atoms with E-state index in [9.17, 15) is 22.0 Å². The molecule has 0 radical (unpaired) electrons. The van der Waals surface area contributed by atoms with Crippen LogP contribution < -0.4 is 0 Å². The normalized spacial score (nSPS) is 14.1. The lowest BCUT2D eigenvalue weighted by Gasteiger charge is -2.15. The van der Waals surface area contributed by atoms with Crippen molar-refractivity contribution in [2.45, 2.75) is 12.3 Å². The summed E-state index contributed by atoms with van der Waals surface area (Å²) < 4.78 is 61.0. The van der Waals surface area contributed by atoms with Gasteiger partial charge in [0.25, 0.3) is 0 Å². The third-order valence-corrected chi connectivity index (χ3v) is 2.21. The van der Waals surface area contributed by atoms with Crippen LogP contribution in [0.1, 0.15) is 11.7 Å². The zero-order valence-corrected chi connectivity index (χ0v) is 8.53. The molecular weight excluding hydrogens is 287 g/mol. The highest BCUT2D eigenvalue weighted by Gasteiger charge is 2.39. The van der Waals surface area contributed by atoms with Crippen molar-refractivity contribution in [3.05, 3.63) is 33.8 Å². The van der Waals surface area contributed by atoms with Gasteiger partial charge in [-0.2, -0.15) is 13.2 Å². The first-order chi connectivity index (χ1) is 6.73. The molecule has 15 heavy (non-hydrogen) atoms. The average molecular weight is 291 g/mol. The van der Waals surface area contributed by atoms with Gasteiger partial charge in [0.1, 0.15) is 0 Å². The highest BCUT2D eigenvalue weighted by atomic mass is 79.9. The fourth-order valence-electron chi connectivity index (χ4n) is 0.922. The minimum absolute atomic E-state index is 0.304. The first-order valence-corrected chi connectivity index (χ1v) is 4.42. The van der Waals surface area contributed by atoms with Gasteiger partial charge in [0.05, 0.1) is 4.47 Å². The SMILES string of the molecule is OC(c1cc(F)c(F)c(Br)c1)C(F)(F)F. The molecule has 0 aliphatic rings. The fraction of sp³-hybridized carbons (Fsp3) is 0.250. The van der Waals surface area contributed by atoms with Crippen LogP contribution in [0.15, 0.2) is 16.6 Å². The molecule has 7 heteroatoms. The van der Waals surface area contributed by atoms with Gasteiger partial charge < -0.3 is 5.11 Å². The van der Waals surface area contributed by atoms with Gasteiger partial charge in [-0.1, -0.05) is 0 Å². The quantitative estimate of drug-likeness (QED) is 0.621. The maximum atomic E-state index is 12.7. The molecule has 0 fully saturated rings. The maximum Gasteiger partial charge on any atom is 0.418 e. The molecule has 1 unspecified atom stereocenters. The first kappa shape index (κ1) is 12.4. The number of alkyl halides is 3. The molecule has 0 heterocycles. The molecule has 0 aliphatic heterocycles. The van der Waals surface area contributed by atoms with E-state index in [0.29, 0.717) is 12.1 Å². The summed E-state index contributed by atoms with van der Waals surface area (Å²) in [6.45, 7) is 0. The Morgan fingerprint density at radius 2 is 1.73 bits per heavy atom. The van der Waals surface area contributed by atoms with Crippen LogP contribution in [0.2, 0.25) is 0 Å². The number of rotatable bonds is 1. The molecule has 0 saturated carbocycles. The largest absolute Gasteiger partial charge is 0.418 e. The summed E-state index contributed by atoms with van der Waals surface area (Å²) in [4.78, 5) is 0. The lowest BCUT2D eigenvalue weighted by Crippen LogP contribution is -2.20. The van der Waals surface area contributed by atoms with E-state index in [-0.39, 0.29) is 0 Å². The van der Waals surface area contributed by atoms with Gasteiger partial charge >= 0.3 is 6.18 Å². The zero-order chi connectivity index (χ0) is 11.8. The number of benzene rings is 1. The summed E-state index contributed by atoms with van der Waals surface area (Å²) >= 11 is 2.54. The van der Waals surface area contributed by atoms with Crippen molar-refractivity contribution >= 4 is 15.9 Å². The second kappa shape index (κ2) is 4.05. The van der Waals surface area contributed by atoms with Crippen LogP contribution >= 0.6 is 15.9 Å². The molecule has 0 aromatic heterocycles. The third-order valence-electron chi connectivity index (χ3n) is 1.63. The molecule has 1 N–H and O–H groups in total. The Kier molecular flexibility index (Phi) is 3.34. The summed E-state index contributed by atoms with van der Waals surface area (Å²) in [5.41, 5.74) is -0.756. The van der Waals surface area contributed by atoms with Crippen LogP contribution in [0, 0.1) is 11.6 Å². The van der Waals surface area contributed by atoms with Gasteiger partial charge in [0, 0.05) is 0 Å². The molecule has 1 atom stereocenters. The van der Waals surface area contributed by atoms with Crippen LogP contribution in [0.3, 0.4) is 0 Å². The van der Waals surface area contributed by atoms with Gasteiger partial charge in [0.15, 0.2) is 17.7 Å². The molecule has 1 nitrogen and oxygen atoms in total. The Bertz CT molecular complexity index is 353. The van der Waals surface area contributed by atoms with E-state index >= 15 is 0 Å². The lowest BCUT2D eigenvalue weighted by molar-refractivity contribution is -0.206. The molecule has 84 valence electrons. The fourth-order valence-corrected chi connectivity index (χ4v) is 1.38. The minimum atomic E-state index is -4.91. The van der Waals surface area contributed by atoms with E-state index in [1.807, 2.05) is 0 Å². The van der Waals surface area contributed by atoms with Gasteiger partial charge in [-0.25, -0.2) is 8.78 Å². The molecule has 0 aliphatic carbocycles. The Balaban J connectivity index is 3.17. The van der Waals surface area contributed by atoms with Crippen molar-refractivity contribution in [1.29, 1.82) is 0 Å². The number of hydrogen-bond donors (Lipinski definition) is 1. The molecular formula is C8H4BrF5O. The molecule has 0 spiro atoms. The molecule has 1 rings (SSSR count). The second-order valence-corrected chi connectivity index (χ2v) is 3.60. The molecule has 0 saturated heterocycles. The Labute approximate surface area is 89.7 Å². The number of hydrogen-bond acceptors (Lipinski definition) is 1. The van der Waals surface area contributed by atoms with Crippen molar-refractivity contribution in [2.24, 2.45) is 0 Å². The van der Waals surface area contributed by atoms with Gasteiger partial charge in [-0.15, -0.1) is 0 Å². The third kappa shape index (κ3) is 2.66. The van der Waals surface area contributed by atoms with E-state index in [1.54, 1.807) is 0 Å². The first-order valence-electron chi connectivity index (χ1n) is 3.62. The lowest BCUT2D eigenvalue weighted by atomic mass is 10.1. The van der Waals surface area contributed by atoms with Crippen LogP contribution in [-0.2, 0) is 0 Å². The second-order valence-electron chi connectivity index (χ2n) is 2.74. The minimum Gasteiger partial charge on any atom is -0.379 e. The molecule has 0 bridgehead atoms. The summed E-state index contributed by atoms with van der Waals surface area (Å²) in [5, 5.41) is 8.76. The topological polar surface area (TPSA) is 20.2 Å². The van der Waals surface area contributed by atoms with Crippen molar-refractivity contribution < 1.29 is 27.1 Å². The predicted molar refractivity (Wildman–Crippen MR) is 45.1 cm³/mol. The van der Waals surface area contributed by atoms with Gasteiger partial charge in [0.2, 0.25) is 0 Å². The standard InChI is InChI=1S/C8H4BrF5O/c9-4-1-3(2-5(10)6(4)11)7(15)8(12,13)14/h1-2,7,15H. The van der Waals surface area contributed by atoms with Crippen molar-refractivity contribution in [3.8, 4) is 0 Å². The van der Waals surface area contributed by atoms with Crippen molar-refractivity contribution in [2.75, 3.05) is 0 Å². The Hall–Kier alpha value is -0.690. The average Bonchev–Trinajstić information content (AvgIpc) is 2.10. The van der Waals surface area contributed by atoms with Crippen molar-refractivity contribution in [1.82, 2.24) is 0 Å². The molecule has 0 amide bonds. The monoisotopic (exact) mass is 290 g/mol. The Morgan fingerprint density at radius 3 is 2.13 bits per heavy atom. The van der Waals surface area contributed by atoms with Crippen LogP contribution in [0.4, 0.5) is 22.0 Å². The number of aliphatic hydroxyl groups is 1. The van der Waals surface area contributed by atoms with Crippen molar-refractivity contribution in [3.63, 3.8) is 0 Å². The van der Waals surface area contributed by atoms with Crippen LogP contribution in [0.25, 0.3) is 0 Å². The van der Waals surface area contributed by atoms with Crippen LogP contribution in [0.5, 0.6) is 0 Å². The maximum absolute atomic E-state index is 12.7. The van der Waals surface area contributed by atoms with E-state index in [4.69, 9.17) is 5.11 Å². The van der Waals surface area contributed by atoms with E-state index in [0.717, 1.165) is 0 Å². The van der Waals surface area contributed by atoms with Gasteiger partial charge in [-0.3, -0.25) is 0 Å². The zero-order valence-electron chi connectivity index (χ0n) is 6.95. The molecule has 1 aromatic carbocycles. The van der Waals surface area contributed by atoms with E-state index < -0.39 is 34.0 Å². The number of aliphatic hydroxyl groups excluding tert-OH is 1. The van der Waals surface area contributed by atoms with Gasteiger partial charge in [-0.05, 0) is 33.6 Å². The molecule has 1 aromatic rings. The highest BCUT2D eigenvalue weighted by Crippen LogP contribution is 2.34. The summed E-state index contributed by atoms with van der Waals surface area (Å²) in [7, 11) is 0. The van der Waals surface area contributed by atoms with E-state index in [1.165, 1.54) is 0 Å². The highest BCUT2D eigenvalue weighted by molar-refractivity contribution is 9.10. The summed E-state index contributed by atoms with van der Waals surface area (Å²) in [6.07, 6.45) is -7.74. The Morgan fingerprint density at radius 1 is 1.20 bits per heavy atom. The number of halogens is 6. The van der Waals surface area contributed by atoms with Crippen LogP contribution in [-0.4, -0.2) is 11.3 Å². The summed E-state index contributed by atoms with van der Waals surface area (Å²) in [6, 6.07) is 0.981. The summed E-state index contributed by atoms with van der Waals surface area (Å²) in [5.74, 6) is -2.75. The smallest absolute Gasteiger partial charge is 0.379 e.